The van der Waals surface area contributed by atoms with Crippen molar-refractivity contribution in [2.45, 2.75) is 57.6 Å². The van der Waals surface area contributed by atoms with Crippen molar-refractivity contribution in [2.75, 3.05) is 29.9 Å². The molecule has 0 aliphatic carbocycles. The molecule has 39 heavy (non-hydrogen) atoms. The molecule has 0 bridgehead atoms. The monoisotopic (exact) mass is 546 g/mol. The predicted molar refractivity (Wildman–Crippen MR) is 154 cm³/mol. The average Bonchev–Trinajstić information content (AvgIpc) is 2.96. The van der Waals surface area contributed by atoms with Gasteiger partial charge in [-0.15, -0.1) is 0 Å². The lowest BCUT2D eigenvalue weighted by atomic mass is 10.00. The second kappa shape index (κ2) is 12.5. The molecule has 2 aromatic carbocycles. The molecule has 0 saturated carbocycles. The van der Waals surface area contributed by atoms with Crippen LogP contribution in [-0.4, -0.2) is 53.5 Å². The fourth-order valence-electron chi connectivity index (χ4n) is 5.49. The standard InChI is InChI=1S/C31H35ClN4O3/c1-22-7-2-3-9-27(22)35-17-13-25(14-18-35)39-29-12-11-24(20-26(29)32)34-31(38)28-10-4-5-16-36(28)30(37)19-23-8-6-15-33-21-23/h2-3,6-9,11-12,15,20-21,25,28H,4-5,10,13-14,16-19H2,1H3,(H,34,38)/t28-/m1/s1. The third-order valence-corrected chi connectivity index (χ3v) is 7.89. The van der Waals surface area contributed by atoms with Crippen LogP contribution in [0.2, 0.25) is 5.02 Å². The van der Waals surface area contributed by atoms with Gasteiger partial charge in [-0.3, -0.25) is 14.6 Å². The van der Waals surface area contributed by atoms with E-state index in [1.54, 1.807) is 23.4 Å². The van der Waals surface area contributed by atoms with E-state index in [0.717, 1.165) is 44.3 Å². The van der Waals surface area contributed by atoms with E-state index < -0.39 is 6.04 Å². The second-order valence-corrected chi connectivity index (χ2v) is 10.8. The molecular weight excluding hydrogens is 512 g/mol. The number of likely N-dealkylation sites (tertiary alicyclic amines) is 1. The summed E-state index contributed by atoms with van der Waals surface area (Å²) in [6.45, 7) is 4.58. The number of nitrogens with one attached hydrogen (secondary N) is 1. The number of anilines is 2. The lowest BCUT2D eigenvalue weighted by Gasteiger charge is -2.35. The highest BCUT2D eigenvalue weighted by atomic mass is 35.5. The summed E-state index contributed by atoms with van der Waals surface area (Å²) >= 11 is 6.58. The normalized spacial score (nSPS) is 18.1. The molecule has 0 spiro atoms. The van der Waals surface area contributed by atoms with Crippen LogP contribution < -0.4 is 15.0 Å². The van der Waals surface area contributed by atoms with Crippen LogP contribution >= 0.6 is 11.6 Å². The first-order chi connectivity index (χ1) is 19.0. The van der Waals surface area contributed by atoms with Crippen LogP contribution in [0.1, 0.15) is 43.2 Å². The summed E-state index contributed by atoms with van der Waals surface area (Å²) in [7, 11) is 0. The van der Waals surface area contributed by atoms with E-state index in [-0.39, 0.29) is 24.3 Å². The Kier molecular flexibility index (Phi) is 8.67. The van der Waals surface area contributed by atoms with E-state index in [2.05, 4.69) is 46.4 Å². The van der Waals surface area contributed by atoms with Crippen LogP contribution in [0.15, 0.2) is 67.0 Å². The predicted octanol–water partition coefficient (Wildman–Crippen LogP) is 5.65. The van der Waals surface area contributed by atoms with Crippen LogP contribution in [0.3, 0.4) is 0 Å². The Morgan fingerprint density at radius 1 is 1.03 bits per heavy atom. The maximum atomic E-state index is 13.2. The number of aryl methyl sites for hydroxylation is 1. The van der Waals surface area contributed by atoms with Gasteiger partial charge in [0, 0.05) is 56.2 Å². The Balaban J connectivity index is 1.16. The Hall–Kier alpha value is -3.58. The first kappa shape index (κ1) is 27.0. The minimum atomic E-state index is -0.504. The zero-order valence-corrected chi connectivity index (χ0v) is 23.1. The number of rotatable bonds is 7. The lowest BCUT2D eigenvalue weighted by Crippen LogP contribution is -2.50. The molecule has 0 radical (unpaired) electrons. The van der Waals surface area contributed by atoms with Crippen molar-refractivity contribution in [1.29, 1.82) is 0 Å². The smallest absolute Gasteiger partial charge is 0.247 e. The molecule has 1 atom stereocenters. The molecule has 3 heterocycles. The van der Waals surface area contributed by atoms with E-state index in [4.69, 9.17) is 16.3 Å². The molecule has 0 unspecified atom stereocenters. The maximum absolute atomic E-state index is 13.2. The van der Waals surface area contributed by atoms with Crippen molar-refractivity contribution in [3.8, 4) is 5.75 Å². The molecule has 2 aliphatic rings. The first-order valence-electron chi connectivity index (χ1n) is 13.7. The third kappa shape index (κ3) is 6.71. The number of halogens is 1. The average molecular weight is 547 g/mol. The molecule has 3 aromatic rings. The summed E-state index contributed by atoms with van der Waals surface area (Å²) < 4.78 is 6.25. The molecule has 2 aliphatic heterocycles. The van der Waals surface area contributed by atoms with Gasteiger partial charge in [0.15, 0.2) is 0 Å². The number of ether oxygens (including phenoxy) is 1. The molecule has 1 aromatic heterocycles. The van der Waals surface area contributed by atoms with Gasteiger partial charge in [0.05, 0.1) is 11.4 Å². The fourth-order valence-corrected chi connectivity index (χ4v) is 5.72. The number of piperidine rings is 2. The van der Waals surface area contributed by atoms with Crippen LogP contribution in [0, 0.1) is 6.92 Å². The largest absolute Gasteiger partial charge is 0.489 e. The molecule has 1 N–H and O–H groups in total. The van der Waals surface area contributed by atoms with Crippen LogP contribution in [0.4, 0.5) is 11.4 Å². The quantitative estimate of drug-likeness (QED) is 0.414. The summed E-state index contributed by atoms with van der Waals surface area (Å²) in [6, 6.07) is 17.0. The van der Waals surface area contributed by atoms with Gasteiger partial charge in [-0.1, -0.05) is 35.9 Å². The van der Waals surface area contributed by atoms with Gasteiger partial charge in [0.1, 0.15) is 17.9 Å². The van der Waals surface area contributed by atoms with Crippen LogP contribution in [0.25, 0.3) is 0 Å². The SMILES string of the molecule is Cc1ccccc1N1CCC(Oc2ccc(NC(=O)[C@H]3CCCCN3C(=O)Cc3cccnc3)cc2Cl)CC1. The molecule has 2 amide bonds. The van der Waals surface area contributed by atoms with Crippen molar-refractivity contribution in [3.05, 3.63) is 83.1 Å². The highest BCUT2D eigenvalue weighted by Gasteiger charge is 2.32. The Labute approximate surface area is 235 Å². The van der Waals surface area contributed by atoms with Crippen molar-refractivity contribution < 1.29 is 14.3 Å². The highest BCUT2D eigenvalue weighted by Crippen LogP contribution is 2.32. The molecular formula is C31H35ClN4O3. The molecule has 8 heteroatoms. The lowest BCUT2D eigenvalue weighted by molar-refractivity contribution is -0.139. The summed E-state index contributed by atoms with van der Waals surface area (Å²) in [4.78, 5) is 34.4. The number of para-hydroxylation sites is 1. The fraction of sp³-hybridized carbons (Fsp3) is 0.387. The zero-order chi connectivity index (χ0) is 27.2. The Bertz CT molecular complexity index is 1290. The van der Waals surface area contributed by atoms with Crippen molar-refractivity contribution >= 4 is 34.8 Å². The number of carbonyl (C=O) groups is 2. The van der Waals surface area contributed by atoms with Crippen LogP contribution in [0.5, 0.6) is 5.75 Å². The summed E-state index contributed by atoms with van der Waals surface area (Å²) in [5, 5.41) is 3.43. The number of pyridine rings is 1. The number of aromatic nitrogens is 1. The third-order valence-electron chi connectivity index (χ3n) is 7.60. The van der Waals surface area contributed by atoms with E-state index >= 15 is 0 Å². The first-order valence-corrected chi connectivity index (χ1v) is 14.1. The van der Waals surface area contributed by atoms with Gasteiger partial charge in [-0.05, 0) is 67.6 Å². The highest BCUT2D eigenvalue weighted by molar-refractivity contribution is 6.32. The summed E-state index contributed by atoms with van der Waals surface area (Å²) in [5.41, 5.74) is 4.00. The minimum Gasteiger partial charge on any atom is -0.489 e. The van der Waals surface area contributed by atoms with Crippen molar-refractivity contribution in [1.82, 2.24) is 9.88 Å². The van der Waals surface area contributed by atoms with E-state index in [1.165, 1.54) is 11.3 Å². The number of amides is 2. The summed E-state index contributed by atoms with van der Waals surface area (Å²) in [6.07, 6.45) is 7.96. The molecule has 2 saturated heterocycles. The van der Waals surface area contributed by atoms with Gasteiger partial charge < -0.3 is 19.9 Å². The van der Waals surface area contributed by atoms with Gasteiger partial charge in [0.25, 0.3) is 0 Å². The van der Waals surface area contributed by atoms with Crippen molar-refractivity contribution in [3.63, 3.8) is 0 Å². The maximum Gasteiger partial charge on any atom is 0.247 e. The zero-order valence-electron chi connectivity index (χ0n) is 22.3. The second-order valence-electron chi connectivity index (χ2n) is 10.4. The Morgan fingerprint density at radius 3 is 2.59 bits per heavy atom. The van der Waals surface area contributed by atoms with Crippen molar-refractivity contribution in [2.24, 2.45) is 0 Å². The van der Waals surface area contributed by atoms with Gasteiger partial charge in [0.2, 0.25) is 11.8 Å². The van der Waals surface area contributed by atoms with E-state index in [9.17, 15) is 9.59 Å². The topological polar surface area (TPSA) is 74.8 Å². The van der Waals surface area contributed by atoms with E-state index in [1.807, 2.05) is 24.3 Å². The number of benzene rings is 2. The Morgan fingerprint density at radius 2 is 1.85 bits per heavy atom. The number of hydrogen-bond donors (Lipinski definition) is 1. The number of nitrogens with zero attached hydrogens (tertiary/aromatic N) is 3. The van der Waals surface area contributed by atoms with Gasteiger partial charge in [-0.2, -0.15) is 0 Å². The summed E-state index contributed by atoms with van der Waals surface area (Å²) in [5.74, 6) is 0.371. The number of carbonyl (C=O) groups excluding carboxylic acids is 2. The van der Waals surface area contributed by atoms with Gasteiger partial charge >= 0.3 is 0 Å². The molecule has 2 fully saturated rings. The molecule has 204 valence electrons. The minimum absolute atomic E-state index is 0.0573. The van der Waals surface area contributed by atoms with Crippen LogP contribution in [-0.2, 0) is 16.0 Å². The molecule has 7 nitrogen and oxygen atoms in total. The number of hydrogen-bond acceptors (Lipinski definition) is 5. The molecule has 5 rings (SSSR count). The van der Waals surface area contributed by atoms with E-state index in [0.29, 0.717) is 29.4 Å². The van der Waals surface area contributed by atoms with Gasteiger partial charge in [-0.25, -0.2) is 0 Å².